The lowest BCUT2D eigenvalue weighted by Gasteiger charge is -2.08. The first-order chi connectivity index (χ1) is 6.83. The van der Waals surface area contributed by atoms with Crippen molar-refractivity contribution in [2.45, 2.75) is 25.7 Å². The summed E-state index contributed by atoms with van der Waals surface area (Å²) in [5, 5.41) is 6.18. The summed E-state index contributed by atoms with van der Waals surface area (Å²) < 4.78 is 0. The van der Waals surface area contributed by atoms with Crippen molar-refractivity contribution >= 4 is 5.91 Å². The summed E-state index contributed by atoms with van der Waals surface area (Å²) in [7, 11) is 0. The van der Waals surface area contributed by atoms with Gasteiger partial charge in [0.05, 0.1) is 0 Å². The molecule has 4 nitrogen and oxygen atoms in total. The fourth-order valence-corrected chi connectivity index (χ4v) is 1.72. The second kappa shape index (κ2) is 6.79. The van der Waals surface area contributed by atoms with Crippen LogP contribution in [0.25, 0.3) is 0 Å². The minimum Gasteiger partial charge on any atom is -0.356 e. The van der Waals surface area contributed by atoms with Gasteiger partial charge in [0, 0.05) is 13.0 Å². The Morgan fingerprint density at radius 3 is 3.00 bits per heavy atom. The number of hydrogen-bond acceptors (Lipinski definition) is 3. The molecule has 1 aliphatic heterocycles. The monoisotopic (exact) mass is 199 g/mol. The van der Waals surface area contributed by atoms with Crippen LogP contribution in [0, 0.1) is 5.92 Å². The zero-order valence-corrected chi connectivity index (χ0v) is 8.72. The number of nitrogens with one attached hydrogen (secondary N) is 2. The van der Waals surface area contributed by atoms with Gasteiger partial charge in [0.25, 0.3) is 0 Å². The first kappa shape index (κ1) is 11.5. The molecule has 1 unspecified atom stereocenters. The van der Waals surface area contributed by atoms with Crippen LogP contribution in [0.5, 0.6) is 0 Å². The Morgan fingerprint density at radius 1 is 1.50 bits per heavy atom. The van der Waals surface area contributed by atoms with E-state index in [0.29, 0.717) is 18.9 Å². The Bertz CT molecular complexity index is 167. The zero-order valence-electron chi connectivity index (χ0n) is 8.72. The van der Waals surface area contributed by atoms with Gasteiger partial charge in [-0.05, 0) is 44.8 Å². The number of rotatable bonds is 6. The number of unbranched alkanes of at least 4 members (excludes halogenated alkanes) is 1. The molecule has 1 atom stereocenters. The standard InChI is InChI=1S/C10H21N3O/c11-4-1-2-5-13-10(14)7-9-3-6-12-8-9/h9,12H,1-8,11H2,(H,13,14). The van der Waals surface area contributed by atoms with Crippen LogP contribution in [0.4, 0.5) is 0 Å². The molecule has 0 aromatic carbocycles. The lowest BCUT2D eigenvalue weighted by Crippen LogP contribution is -2.27. The lowest BCUT2D eigenvalue weighted by atomic mass is 10.0. The minimum absolute atomic E-state index is 0.190. The molecule has 0 bridgehead atoms. The molecule has 1 amide bonds. The van der Waals surface area contributed by atoms with Crippen LogP contribution in [0.15, 0.2) is 0 Å². The second-order valence-electron chi connectivity index (χ2n) is 3.91. The van der Waals surface area contributed by atoms with E-state index in [4.69, 9.17) is 5.73 Å². The number of amides is 1. The molecule has 0 radical (unpaired) electrons. The predicted octanol–water partition coefficient (Wildman–Crippen LogP) is -0.159. The van der Waals surface area contributed by atoms with Crippen molar-refractivity contribution in [2.24, 2.45) is 11.7 Å². The molecule has 4 heteroatoms. The maximum atomic E-state index is 11.4. The van der Waals surface area contributed by atoms with Gasteiger partial charge in [-0.1, -0.05) is 0 Å². The number of nitrogens with two attached hydrogens (primary N) is 1. The van der Waals surface area contributed by atoms with Gasteiger partial charge in [0.1, 0.15) is 0 Å². The second-order valence-corrected chi connectivity index (χ2v) is 3.91. The molecule has 0 aromatic rings. The van der Waals surface area contributed by atoms with Crippen LogP contribution >= 0.6 is 0 Å². The normalized spacial score (nSPS) is 21.1. The van der Waals surface area contributed by atoms with Gasteiger partial charge in [-0.2, -0.15) is 0 Å². The SMILES string of the molecule is NCCCCNC(=O)CC1CCNC1. The van der Waals surface area contributed by atoms with E-state index in [-0.39, 0.29) is 5.91 Å². The number of hydrogen-bond donors (Lipinski definition) is 3. The van der Waals surface area contributed by atoms with Crippen molar-refractivity contribution < 1.29 is 4.79 Å². The average Bonchev–Trinajstić information content (AvgIpc) is 2.65. The van der Waals surface area contributed by atoms with E-state index in [9.17, 15) is 4.79 Å². The zero-order chi connectivity index (χ0) is 10.2. The predicted molar refractivity (Wildman–Crippen MR) is 56.9 cm³/mol. The summed E-state index contributed by atoms with van der Waals surface area (Å²) in [5.74, 6) is 0.736. The Labute approximate surface area is 85.6 Å². The molecular weight excluding hydrogens is 178 g/mol. The Morgan fingerprint density at radius 2 is 2.36 bits per heavy atom. The van der Waals surface area contributed by atoms with E-state index in [1.54, 1.807) is 0 Å². The Hall–Kier alpha value is -0.610. The van der Waals surface area contributed by atoms with Gasteiger partial charge in [0.2, 0.25) is 5.91 Å². The molecule has 1 fully saturated rings. The van der Waals surface area contributed by atoms with E-state index in [2.05, 4.69) is 10.6 Å². The van der Waals surface area contributed by atoms with Crippen LogP contribution in [-0.2, 0) is 4.79 Å². The van der Waals surface area contributed by atoms with E-state index < -0.39 is 0 Å². The molecular formula is C10H21N3O. The quantitative estimate of drug-likeness (QED) is 0.521. The maximum Gasteiger partial charge on any atom is 0.220 e. The van der Waals surface area contributed by atoms with E-state index >= 15 is 0 Å². The van der Waals surface area contributed by atoms with Gasteiger partial charge >= 0.3 is 0 Å². The van der Waals surface area contributed by atoms with E-state index in [1.807, 2.05) is 0 Å². The first-order valence-electron chi connectivity index (χ1n) is 5.50. The highest BCUT2D eigenvalue weighted by Gasteiger charge is 2.17. The highest BCUT2D eigenvalue weighted by atomic mass is 16.1. The van der Waals surface area contributed by atoms with Gasteiger partial charge in [-0.15, -0.1) is 0 Å². The molecule has 82 valence electrons. The largest absolute Gasteiger partial charge is 0.356 e. The molecule has 1 aliphatic rings. The van der Waals surface area contributed by atoms with Crippen molar-refractivity contribution in [3.63, 3.8) is 0 Å². The fraction of sp³-hybridized carbons (Fsp3) is 0.900. The molecule has 4 N–H and O–H groups in total. The fourth-order valence-electron chi connectivity index (χ4n) is 1.72. The van der Waals surface area contributed by atoms with E-state index in [1.165, 1.54) is 0 Å². The molecule has 0 aromatic heterocycles. The van der Waals surface area contributed by atoms with Gasteiger partial charge < -0.3 is 16.4 Å². The average molecular weight is 199 g/mol. The van der Waals surface area contributed by atoms with Gasteiger partial charge in [-0.3, -0.25) is 4.79 Å². The molecule has 1 saturated heterocycles. The molecule has 1 heterocycles. The smallest absolute Gasteiger partial charge is 0.220 e. The van der Waals surface area contributed by atoms with Crippen LogP contribution in [0.3, 0.4) is 0 Å². The molecule has 0 spiro atoms. The summed E-state index contributed by atoms with van der Waals surface area (Å²) in [5.41, 5.74) is 5.36. The lowest BCUT2D eigenvalue weighted by molar-refractivity contribution is -0.121. The van der Waals surface area contributed by atoms with Crippen molar-refractivity contribution in [3.05, 3.63) is 0 Å². The molecule has 14 heavy (non-hydrogen) atoms. The van der Waals surface area contributed by atoms with Crippen molar-refractivity contribution in [1.82, 2.24) is 10.6 Å². The Kier molecular flexibility index (Phi) is 5.56. The van der Waals surface area contributed by atoms with Crippen molar-refractivity contribution in [3.8, 4) is 0 Å². The highest BCUT2D eigenvalue weighted by Crippen LogP contribution is 2.11. The molecule has 0 aliphatic carbocycles. The van der Waals surface area contributed by atoms with E-state index in [0.717, 1.165) is 38.9 Å². The van der Waals surface area contributed by atoms with Crippen molar-refractivity contribution in [1.29, 1.82) is 0 Å². The topological polar surface area (TPSA) is 67.1 Å². The minimum atomic E-state index is 0.190. The maximum absolute atomic E-state index is 11.4. The summed E-state index contributed by atoms with van der Waals surface area (Å²) in [6.45, 7) is 3.54. The molecule has 1 rings (SSSR count). The van der Waals surface area contributed by atoms with Crippen LogP contribution < -0.4 is 16.4 Å². The summed E-state index contributed by atoms with van der Waals surface area (Å²) in [4.78, 5) is 11.4. The van der Waals surface area contributed by atoms with Gasteiger partial charge in [0.15, 0.2) is 0 Å². The third-order valence-corrected chi connectivity index (χ3v) is 2.59. The first-order valence-corrected chi connectivity index (χ1v) is 5.50. The molecule has 0 saturated carbocycles. The number of carbonyl (C=O) groups excluding carboxylic acids is 1. The Balaban J connectivity index is 1.98. The summed E-state index contributed by atoms with van der Waals surface area (Å²) >= 11 is 0. The van der Waals surface area contributed by atoms with Crippen molar-refractivity contribution in [2.75, 3.05) is 26.2 Å². The van der Waals surface area contributed by atoms with Crippen LogP contribution in [-0.4, -0.2) is 32.1 Å². The highest BCUT2D eigenvalue weighted by molar-refractivity contribution is 5.76. The van der Waals surface area contributed by atoms with Crippen LogP contribution in [0.2, 0.25) is 0 Å². The number of carbonyl (C=O) groups is 1. The summed E-state index contributed by atoms with van der Waals surface area (Å²) in [6.07, 6.45) is 3.79. The van der Waals surface area contributed by atoms with Gasteiger partial charge in [-0.25, -0.2) is 0 Å². The van der Waals surface area contributed by atoms with Crippen LogP contribution in [0.1, 0.15) is 25.7 Å². The third-order valence-electron chi connectivity index (χ3n) is 2.59. The third kappa shape index (κ3) is 4.58. The summed E-state index contributed by atoms with van der Waals surface area (Å²) in [6, 6.07) is 0.